The molecule has 0 fully saturated rings. The average molecular weight is 206 g/mol. The standard InChI is InChI=1S/C6H2Cl2FN3/c7-4-1-5(8)12-6(11-4)3(9)2-10-12/h1-2H. The smallest absolute Gasteiger partial charge is 0.194 e. The van der Waals surface area contributed by atoms with E-state index in [2.05, 4.69) is 10.1 Å². The summed E-state index contributed by atoms with van der Waals surface area (Å²) in [6, 6.07) is 1.39. The lowest BCUT2D eigenvalue weighted by Crippen LogP contribution is -1.92. The summed E-state index contributed by atoms with van der Waals surface area (Å²) in [5.74, 6) is -0.542. The summed E-state index contributed by atoms with van der Waals surface area (Å²) in [4.78, 5) is 3.70. The van der Waals surface area contributed by atoms with E-state index in [1.54, 1.807) is 0 Å². The van der Waals surface area contributed by atoms with Gasteiger partial charge in [-0.1, -0.05) is 23.2 Å². The number of hydrogen-bond donors (Lipinski definition) is 0. The van der Waals surface area contributed by atoms with Crippen molar-refractivity contribution in [3.8, 4) is 0 Å². The molecule has 12 heavy (non-hydrogen) atoms. The summed E-state index contributed by atoms with van der Waals surface area (Å²) >= 11 is 11.2. The fourth-order valence-corrected chi connectivity index (χ4v) is 1.34. The Morgan fingerprint density at radius 2 is 2.17 bits per heavy atom. The van der Waals surface area contributed by atoms with E-state index in [1.165, 1.54) is 10.6 Å². The van der Waals surface area contributed by atoms with E-state index in [0.29, 0.717) is 0 Å². The zero-order chi connectivity index (χ0) is 8.72. The van der Waals surface area contributed by atoms with Crippen molar-refractivity contribution < 1.29 is 4.39 Å². The number of halogens is 3. The first kappa shape index (κ1) is 7.76. The maximum Gasteiger partial charge on any atom is 0.194 e. The topological polar surface area (TPSA) is 30.2 Å². The molecule has 0 N–H and O–H groups in total. The van der Waals surface area contributed by atoms with Crippen LogP contribution in [0.4, 0.5) is 4.39 Å². The highest BCUT2D eigenvalue weighted by molar-refractivity contribution is 6.33. The first-order valence-corrected chi connectivity index (χ1v) is 3.79. The normalized spacial score (nSPS) is 10.9. The predicted molar refractivity (Wildman–Crippen MR) is 43.0 cm³/mol. The highest BCUT2D eigenvalue weighted by Crippen LogP contribution is 2.17. The second kappa shape index (κ2) is 2.57. The minimum atomic E-state index is -0.542. The predicted octanol–water partition coefficient (Wildman–Crippen LogP) is 2.18. The highest BCUT2D eigenvalue weighted by Gasteiger charge is 2.08. The molecule has 0 spiro atoms. The molecule has 0 unspecified atom stereocenters. The fourth-order valence-electron chi connectivity index (χ4n) is 0.872. The molecule has 6 heteroatoms. The minimum Gasteiger partial charge on any atom is -0.214 e. The van der Waals surface area contributed by atoms with Crippen LogP contribution in [0.25, 0.3) is 5.65 Å². The average Bonchev–Trinajstić information content (AvgIpc) is 2.33. The summed E-state index contributed by atoms with van der Waals surface area (Å²) in [6.07, 6.45) is 1.03. The van der Waals surface area contributed by atoms with Gasteiger partial charge in [-0.3, -0.25) is 0 Å². The second-order valence-corrected chi connectivity index (χ2v) is 2.90. The molecule has 0 saturated carbocycles. The van der Waals surface area contributed by atoms with E-state index in [1.807, 2.05) is 0 Å². The van der Waals surface area contributed by atoms with Crippen LogP contribution in [0.15, 0.2) is 12.3 Å². The molecule has 0 aromatic carbocycles. The molecule has 0 aliphatic heterocycles. The summed E-state index contributed by atoms with van der Waals surface area (Å²) < 4.78 is 14.0. The Hall–Kier alpha value is -0.870. The number of hydrogen-bond acceptors (Lipinski definition) is 2. The maximum atomic E-state index is 12.8. The number of rotatable bonds is 0. The van der Waals surface area contributed by atoms with Gasteiger partial charge in [0.1, 0.15) is 10.3 Å². The molecule has 0 amide bonds. The van der Waals surface area contributed by atoms with Gasteiger partial charge in [0.25, 0.3) is 0 Å². The Morgan fingerprint density at radius 1 is 1.42 bits per heavy atom. The lowest BCUT2D eigenvalue weighted by atomic mass is 10.6. The third kappa shape index (κ3) is 1.04. The molecule has 0 radical (unpaired) electrons. The van der Waals surface area contributed by atoms with E-state index in [9.17, 15) is 4.39 Å². The van der Waals surface area contributed by atoms with Crippen molar-refractivity contribution in [3.63, 3.8) is 0 Å². The van der Waals surface area contributed by atoms with Crippen molar-refractivity contribution in [3.05, 3.63) is 28.4 Å². The van der Waals surface area contributed by atoms with Crippen molar-refractivity contribution in [1.29, 1.82) is 0 Å². The van der Waals surface area contributed by atoms with E-state index in [0.717, 1.165) is 6.20 Å². The summed E-state index contributed by atoms with van der Waals surface area (Å²) in [7, 11) is 0. The van der Waals surface area contributed by atoms with Gasteiger partial charge in [-0.2, -0.15) is 5.10 Å². The SMILES string of the molecule is Fc1cnn2c(Cl)cc(Cl)nc12. The van der Waals surface area contributed by atoms with E-state index < -0.39 is 5.82 Å². The van der Waals surface area contributed by atoms with E-state index >= 15 is 0 Å². The second-order valence-electron chi connectivity index (χ2n) is 2.13. The van der Waals surface area contributed by atoms with Gasteiger partial charge in [0, 0.05) is 6.07 Å². The third-order valence-electron chi connectivity index (χ3n) is 1.35. The third-order valence-corrected chi connectivity index (χ3v) is 1.82. The van der Waals surface area contributed by atoms with Crippen LogP contribution in [0.3, 0.4) is 0 Å². The van der Waals surface area contributed by atoms with Gasteiger partial charge in [-0.05, 0) is 0 Å². The first-order valence-electron chi connectivity index (χ1n) is 3.04. The van der Waals surface area contributed by atoms with Crippen molar-refractivity contribution in [2.45, 2.75) is 0 Å². The highest BCUT2D eigenvalue weighted by atomic mass is 35.5. The van der Waals surface area contributed by atoms with Gasteiger partial charge in [0.05, 0.1) is 6.20 Å². The molecule has 0 bridgehead atoms. The maximum absolute atomic E-state index is 12.8. The molecular formula is C6H2Cl2FN3. The zero-order valence-electron chi connectivity index (χ0n) is 5.63. The largest absolute Gasteiger partial charge is 0.214 e. The molecule has 0 aliphatic carbocycles. The summed E-state index contributed by atoms with van der Waals surface area (Å²) in [5.41, 5.74) is 0.0347. The molecule has 0 atom stereocenters. The van der Waals surface area contributed by atoms with Crippen LogP contribution in [0.2, 0.25) is 10.3 Å². The Morgan fingerprint density at radius 3 is 2.92 bits per heavy atom. The van der Waals surface area contributed by atoms with Gasteiger partial charge in [-0.15, -0.1) is 0 Å². The molecule has 2 aromatic rings. The van der Waals surface area contributed by atoms with Crippen molar-refractivity contribution >= 4 is 28.8 Å². The van der Waals surface area contributed by atoms with Gasteiger partial charge in [0.2, 0.25) is 0 Å². The van der Waals surface area contributed by atoms with Crippen molar-refractivity contribution in [2.24, 2.45) is 0 Å². The molecule has 0 aliphatic rings. The Bertz CT molecular complexity index is 440. The molecule has 3 nitrogen and oxygen atoms in total. The van der Waals surface area contributed by atoms with Gasteiger partial charge in [-0.25, -0.2) is 13.9 Å². The van der Waals surface area contributed by atoms with Crippen LogP contribution < -0.4 is 0 Å². The fraction of sp³-hybridized carbons (Fsp3) is 0. The van der Waals surface area contributed by atoms with Crippen LogP contribution in [-0.2, 0) is 0 Å². The van der Waals surface area contributed by atoms with Gasteiger partial charge in [0.15, 0.2) is 11.5 Å². The minimum absolute atomic E-state index is 0.0347. The van der Waals surface area contributed by atoms with E-state index in [-0.39, 0.29) is 16.0 Å². The molecule has 62 valence electrons. The van der Waals surface area contributed by atoms with Crippen LogP contribution in [-0.4, -0.2) is 14.6 Å². The number of nitrogens with zero attached hydrogens (tertiary/aromatic N) is 3. The van der Waals surface area contributed by atoms with Gasteiger partial charge < -0.3 is 0 Å². The molecule has 0 saturated heterocycles. The molecule has 2 aromatic heterocycles. The lowest BCUT2D eigenvalue weighted by molar-refractivity contribution is 0.636. The zero-order valence-corrected chi connectivity index (χ0v) is 7.14. The van der Waals surface area contributed by atoms with Crippen LogP contribution in [0.5, 0.6) is 0 Å². The van der Waals surface area contributed by atoms with Crippen LogP contribution >= 0.6 is 23.2 Å². The van der Waals surface area contributed by atoms with Crippen LogP contribution in [0, 0.1) is 5.82 Å². The van der Waals surface area contributed by atoms with Gasteiger partial charge >= 0.3 is 0 Å². The molecule has 2 rings (SSSR count). The summed E-state index contributed by atoms with van der Waals surface area (Å²) in [5, 5.41) is 4.02. The van der Waals surface area contributed by atoms with E-state index in [4.69, 9.17) is 23.2 Å². The lowest BCUT2D eigenvalue weighted by Gasteiger charge is -1.95. The number of fused-ring (bicyclic) bond motifs is 1. The summed E-state index contributed by atoms with van der Waals surface area (Å²) in [6.45, 7) is 0. The Balaban J connectivity index is 2.92. The molecule has 2 heterocycles. The monoisotopic (exact) mass is 205 g/mol. The first-order chi connectivity index (χ1) is 5.68. The number of aromatic nitrogens is 3. The molecular weight excluding hydrogens is 204 g/mol. The van der Waals surface area contributed by atoms with Crippen LogP contribution in [0.1, 0.15) is 0 Å². The quantitative estimate of drug-likeness (QED) is 0.618. The van der Waals surface area contributed by atoms with Crippen molar-refractivity contribution in [1.82, 2.24) is 14.6 Å². The van der Waals surface area contributed by atoms with Crippen molar-refractivity contribution in [2.75, 3.05) is 0 Å². The Labute approximate surface area is 76.7 Å². The Kier molecular flexibility index (Phi) is 1.66.